The van der Waals surface area contributed by atoms with Crippen LogP contribution in [0.4, 0.5) is 0 Å². The van der Waals surface area contributed by atoms with Gasteiger partial charge in [-0.2, -0.15) is 0 Å². The Morgan fingerprint density at radius 3 is 1.92 bits per heavy atom. The van der Waals surface area contributed by atoms with Gasteiger partial charge in [0.2, 0.25) is 0 Å². The first kappa shape index (κ1) is 14.4. The van der Waals surface area contributed by atoms with E-state index in [9.17, 15) is 9.59 Å². The van der Waals surface area contributed by atoms with Crippen molar-refractivity contribution in [2.45, 2.75) is 12.8 Å². The molecule has 0 aliphatic heterocycles. The van der Waals surface area contributed by atoms with Crippen LogP contribution < -0.4 is 11.1 Å². The van der Waals surface area contributed by atoms with E-state index in [1.54, 1.807) is 7.05 Å². The normalized spacial score (nSPS) is 8.46. The number of nitrogens with one attached hydrogen (secondary N) is 1. The lowest BCUT2D eigenvalue weighted by Crippen LogP contribution is -2.16. The van der Waals surface area contributed by atoms with Crippen LogP contribution in [0.15, 0.2) is 0 Å². The molecule has 5 N–H and O–H groups in total. The molecule has 6 heteroatoms. The summed E-state index contributed by atoms with van der Waals surface area (Å²) in [5, 5.41) is 18.3. The van der Waals surface area contributed by atoms with Crippen molar-refractivity contribution in [2.75, 3.05) is 20.1 Å². The van der Waals surface area contributed by atoms with E-state index >= 15 is 0 Å². The molecule has 0 heterocycles. The number of carboxylic acid groups (broad SMARTS) is 2. The lowest BCUT2D eigenvalue weighted by Gasteiger charge is -1.86. The molecule has 13 heavy (non-hydrogen) atoms. The van der Waals surface area contributed by atoms with Crippen LogP contribution in [0.2, 0.25) is 0 Å². The minimum atomic E-state index is -0.822. The van der Waals surface area contributed by atoms with E-state index in [0.29, 0.717) is 13.0 Å². The molecule has 0 saturated heterocycles. The van der Waals surface area contributed by atoms with Crippen LogP contribution in [0.5, 0.6) is 0 Å². The zero-order valence-corrected chi connectivity index (χ0v) is 7.62. The minimum absolute atomic E-state index is 0.0417. The molecule has 78 valence electrons. The van der Waals surface area contributed by atoms with Crippen molar-refractivity contribution >= 4 is 11.9 Å². The summed E-state index contributed by atoms with van der Waals surface area (Å²) in [6, 6.07) is 0. The molecule has 0 aromatic heterocycles. The molecule has 0 aromatic carbocycles. The number of carboxylic acids is 2. The minimum Gasteiger partial charge on any atom is -0.481 e. The number of hydrogen-bond donors (Lipinski definition) is 4. The quantitative estimate of drug-likeness (QED) is 0.449. The van der Waals surface area contributed by atoms with Gasteiger partial charge in [-0.1, -0.05) is 0 Å². The van der Waals surface area contributed by atoms with Crippen LogP contribution in [0.3, 0.4) is 0 Å². The lowest BCUT2D eigenvalue weighted by atomic mass is 10.3. The van der Waals surface area contributed by atoms with Gasteiger partial charge in [-0.05, 0) is 20.0 Å². The van der Waals surface area contributed by atoms with Crippen LogP contribution in [0.1, 0.15) is 12.8 Å². The number of aliphatic carboxylic acids is 2. The van der Waals surface area contributed by atoms with Crippen molar-refractivity contribution < 1.29 is 19.8 Å². The SMILES string of the molecule is CNCC(=O)O.NCCCC(=O)O. The van der Waals surface area contributed by atoms with Crippen molar-refractivity contribution in [1.82, 2.24) is 5.32 Å². The fourth-order valence-corrected chi connectivity index (χ4v) is 0.405. The molecule has 6 nitrogen and oxygen atoms in total. The van der Waals surface area contributed by atoms with Crippen molar-refractivity contribution in [3.05, 3.63) is 0 Å². The Hall–Kier alpha value is -1.14. The molecule has 0 amide bonds. The molecule has 0 aromatic rings. The zero-order chi connectivity index (χ0) is 10.7. The largest absolute Gasteiger partial charge is 0.481 e. The summed E-state index contributed by atoms with van der Waals surface area (Å²) in [5.74, 6) is -1.59. The third-order valence-corrected chi connectivity index (χ3v) is 0.923. The summed E-state index contributed by atoms with van der Waals surface area (Å²) in [7, 11) is 1.59. The molecule has 0 atom stereocenters. The molecule has 0 aliphatic carbocycles. The van der Waals surface area contributed by atoms with Gasteiger partial charge < -0.3 is 21.3 Å². The zero-order valence-electron chi connectivity index (χ0n) is 7.62. The van der Waals surface area contributed by atoms with E-state index in [-0.39, 0.29) is 13.0 Å². The number of carbonyl (C=O) groups is 2. The molecule has 0 bridgehead atoms. The standard InChI is InChI=1S/C4H9NO2.C3H7NO2/c5-3-1-2-4(6)7;1-4-2-3(5)6/h1-3,5H2,(H,6,7);4H,2H2,1H3,(H,5,6). The highest BCUT2D eigenvalue weighted by Crippen LogP contribution is 1.82. The van der Waals surface area contributed by atoms with E-state index in [4.69, 9.17) is 15.9 Å². The lowest BCUT2D eigenvalue weighted by molar-refractivity contribution is -0.137. The summed E-state index contributed by atoms with van der Waals surface area (Å²) in [5.41, 5.74) is 5.01. The topological polar surface area (TPSA) is 113 Å². The smallest absolute Gasteiger partial charge is 0.317 e. The Morgan fingerprint density at radius 1 is 1.31 bits per heavy atom. The number of rotatable bonds is 5. The number of hydrogen-bond acceptors (Lipinski definition) is 4. The monoisotopic (exact) mass is 192 g/mol. The Kier molecular flexibility index (Phi) is 12.0. The highest BCUT2D eigenvalue weighted by molar-refractivity contribution is 5.68. The summed E-state index contributed by atoms with van der Waals surface area (Å²) in [4.78, 5) is 19.2. The highest BCUT2D eigenvalue weighted by Gasteiger charge is 1.91. The summed E-state index contributed by atoms with van der Waals surface area (Å²) < 4.78 is 0. The third kappa shape index (κ3) is 24.8. The second kappa shape index (κ2) is 10.9. The molecular formula is C7H16N2O4. The van der Waals surface area contributed by atoms with E-state index in [1.807, 2.05) is 0 Å². The number of likely N-dealkylation sites (N-methyl/N-ethyl adjacent to an activating group) is 1. The van der Waals surface area contributed by atoms with Gasteiger partial charge in [0.05, 0.1) is 6.54 Å². The Morgan fingerprint density at radius 2 is 1.85 bits per heavy atom. The molecule has 0 unspecified atom stereocenters. The maximum atomic E-state index is 9.70. The van der Waals surface area contributed by atoms with Gasteiger partial charge in [0.15, 0.2) is 0 Å². The molecule has 0 spiro atoms. The molecule has 0 aliphatic rings. The van der Waals surface area contributed by atoms with E-state index in [1.165, 1.54) is 0 Å². The van der Waals surface area contributed by atoms with Crippen molar-refractivity contribution in [1.29, 1.82) is 0 Å². The Balaban J connectivity index is 0. The fourth-order valence-electron chi connectivity index (χ4n) is 0.405. The molecule has 0 fully saturated rings. The first-order valence-electron chi connectivity index (χ1n) is 3.82. The molecular weight excluding hydrogens is 176 g/mol. The molecule has 0 rings (SSSR count). The fraction of sp³-hybridized carbons (Fsp3) is 0.714. The van der Waals surface area contributed by atoms with Crippen molar-refractivity contribution in [3.63, 3.8) is 0 Å². The highest BCUT2D eigenvalue weighted by atomic mass is 16.4. The van der Waals surface area contributed by atoms with E-state index in [0.717, 1.165) is 0 Å². The first-order valence-corrected chi connectivity index (χ1v) is 3.82. The number of nitrogens with two attached hydrogens (primary N) is 1. The third-order valence-electron chi connectivity index (χ3n) is 0.923. The van der Waals surface area contributed by atoms with Gasteiger partial charge in [-0.15, -0.1) is 0 Å². The van der Waals surface area contributed by atoms with Crippen LogP contribution in [0.25, 0.3) is 0 Å². The first-order chi connectivity index (χ1) is 6.04. The summed E-state index contributed by atoms with van der Waals surface area (Å²) in [6.07, 6.45) is 0.770. The second-order valence-corrected chi connectivity index (χ2v) is 2.21. The predicted molar refractivity (Wildman–Crippen MR) is 47.5 cm³/mol. The van der Waals surface area contributed by atoms with Gasteiger partial charge in [-0.25, -0.2) is 0 Å². The Labute approximate surface area is 76.7 Å². The van der Waals surface area contributed by atoms with Crippen molar-refractivity contribution in [3.8, 4) is 0 Å². The Bertz CT molecular complexity index is 149. The van der Waals surface area contributed by atoms with Gasteiger partial charge in [0.1, 0.15) is 0 Å². The predicted octanol–water partition coefficient (Wildman–Crippen LogP) is -0.900. The van der Waals surface area contributed by atoms with E-state index < -0.39 is 11.9 Å². The van der Waals surface area contributed by atoms with E-state index in [2.05, 4.69) is 5.32 Å². The second-order valence-electron chi connectivity index (χ2n) is 2.21. The molecule has 0 saturated carbocycles. The van der Waals surface area contributed by atoms with Gasteiger partial charge in [-0.3, -0.25) is 9.59 Å². The van der Waals surface area contributed by atoms with Crippen LogP contribution in [-0.2, 0) is 9.59 Å². The summed E-state index contributed by atoms with van der Waals surface area (Å²) in [6.45, 7) is 0.506. The maximum absolute atomic E-state index is 9.70. The van der Waals surface area contributed by atoms with Crippen molar-refractivity contribution in [2.24, 2.45) is 5.73 Å². The average molecular weight is 192 g/mol. The van der Waals surface area contributed by atoms with Gasteiger partial charge in [0.25, 0.3) is 0 Å². The van der Waals surface area contributed by atoms with Gasteiger partial charge >= 0.3 is 11.9 Å². The van der Waals surface area contributed by atoms with Gasteiger partial charge in [0, 0.05) is 6.42 Å². The maximum Gasteiger partial charge on any atom is 0.317 e. The average Bonchev–Trinajstić information content (AvgIpc) is 2.01. The van der Waals surface area contributed by atoms with Crippen LogP contribution in [0, 0.1) is 0 Å². The van der Waals surface area contributed by atoms with Crippen LogP contribution >= 0.6 is 0 Å². The van der Waals surface area contributed by atoms with Crippen LogP contribution in [-0.4, -0.2) is 42.3 Å². The molecule has 0 radical (unpaired) electrons. The summed E-state index contributed by atoms with van der Waals surface area (Å²) >= 11 is 0.